The Hall–Kier alpha value is -0.520. The summed E-state index contributed by atoms with van der Waals surface area (Å²) in [5.74, 6) is 0. The van der Waals surface area contributed by atoms with Gasteiger partial charge in [0.1, 0.15) is 0 Å². The zero-order valence-corrected chi connectivity index (χ0v) is 8.36. The second-order valence-corrected chi connectivity index (χ2v) is 2.99. The van der Waals surface area contributed by atoms with E-state index in [0.29, 0.717) is 0 Å². The van der Waals surface area contributed by atoms with E-state index in [2.05, 4.69) is 47.1 Å². The highest BCUT2D eigenvalue weighted by atomic mass is 14.0. The van der Waals surface area contributed by atoms with Crippen LogP contribution in [-0.2, 0) is 0 Å². The van der Waals surface area contributed by atoms with Gasteiger partial charge in [0.05, 0.1) is 0 Å². The van der Waals surface area contributed by atoms with E-state index < -0.39 is 0 Å². The lowest BCUT2D eigenvalue weighted by molar-refractivity contribution is 1.07. The Bertz CT molecular complexity index is 170. The monoisotopic (exact) mass is 151 g/mol. The van der Waals surface area contributed by atoms with Crippen molar-refractivity contribution in [1.29, 1.82) is 0 Å². The fraction of sp³-hybridized carbons (Fsp3) is 0.545. The second-order valence-electron chi connectivity index (χ2n) is 2.99. The Balaban J connectivity index is 4.37. The molecule has 0 aromatic carbocycles. The molecule has 0 unspecified atom stereocenters. The van der Waals surface area contributed by atoms with Crippen molar-refractivity contribution < 1.29 is 0 Å². The van der Waals surface area contributed by atoms with Crippen molar-refractivity contribution >= 4 is 0 Å². The summed E-state index contributed by atoms with van der Waals surface area (Å²) >= 11 is 0. The van der Waals surface area contributed by atoms with Crippen LogP contribution in [0.5, 0.6) is 0 Å². The summed E-state index contributed by atoms with van der Waals surface area (Å²) in [7, 11) is 0. The SMILES string of the molecule is C[CH]C(C)=CC(C)=C(C)CC. The molecule has 0 aromatic heterocycles. The lowest BCUT2D eigenvalue weighted by Crippen LogP contribution is -1.81. The summed E-state index contributed by atoms with van der Waals surface area (Å²) < 4.78 is 0. The molecule has 0 aromatic rings. The summed E-state index contributed by atoms with van der Waals surface area (Å²) in [4.78, 5) is 0. The van der Waals surface area contributed by atoms with Crippen LogP contribution >= 0.6 is 0 Å². The molecule has 0 aliphatic heterocycles. The van der Waals surface area contributed by atoms with Crippen LogP contribution in [0, 0.1) is 6.42 Å². The zero-order valence-electron chi connectivity index (χ0n) is 8.36. The fourth-order valence-electron chi connectivity index (χ4n) is 0.827. The van der Waals surface area contributed by atoms with E-state index in [1.54, 1.807) is 0 Å². The normalized spacial score (nSPS) is 14.8. The maximum absolute atomic E-state index is 2.23. The third-order valence-corrected chi connectivity index (χ3v) is 2.10. The van der Waals surface area contributed by atoms with E-state index in [1.807, 2.05) is 0 Å². The van der Waals surface area contributed by atoms with E-state index in [9.17, 15) is 0 Å². The molecule has 0 heteroatoms. The summed E-state index contributed by atoms with van der Waals surface area (Å²) in [6, 6.07) is 0. The zero-order chi connectivity index (χ0) is 8.85. The van der Waals surface area contributed by atoms with E-state index in [-0.39, 0.29) is 0 Å². The lowest BCUT2D eigenvalue weighted by atomic mass is 10.1. The van der Waals surface area contributed by atoms with Crippen molar-refractivity contribution in [3.8, 4) is 0 Å². The highest BCUT2D eigenvalue weighted by molar-refractivity contribution is 5.28. The van der Waals surface area contributed by atoms with Gasteiger partial charge in [-0.1, -0.05) is 36.6 Å². The Morgan fingerprint density at radius 2 is 1.73 bits per heavy atom. The van der Waals surface area contributed by atoms with Crippen LogP contribution in [0.1, 0.15) is 41.0 Å². The Kier molecular flexibility index (Phi) is 4.93. The third-order valence-electron chi connectivity index (χ3n) is 2.10. The van der Waals surface area contributed by atoms with Gasteiger partial charge in [0.2, 0.25) is 0 Å². The third kappa shape index (κ3) is 4.02. The molecule has 0 bridgehead atoms. The van der Waals surface area contributed by atoms with Crippen molar-refractivity contribution in [2.24, 2.45) is 0 Å². The topological polar surface area (TPSA) is 0 Å². The van der Waals surface area contributed by atoms with Gasteiger partial charge in [0.25, 0.3) is 0 Å². The van der Waals surface area contributed by atoms with Gasteiger partial charge in [0.15, 0.2) is 0 Å². The molecule has 0 saturated carbocycles. The molecule has 0 nitrogen and oxygen atoms in total. The number of rotatable bonds is 3. The predicted octanol–water partition coefficient (Wildman–Crippen LogP) is 3.90. The molecule has 0 aliphatic carbocycles. The minimum atomic E-state index is 1.15. The average molecular weight is 151 g/mol. The molecule has 63 valence electrons. The van der Waals surface area contributed by atoms with Crippen molar-refractivity contribution in [3.63, 3.8) is 0 Å². The summed E-state index contributed by atoms with van der Waals surface area (Å²) in [5, 5.41) is 0. The molecule has 0 N–H and O–H groups in total. The summed E-state index contributed by atoms with van der Waals surface area (Å²) in [5.41, 5.74) is 4.23. The van der Waals surface area contributed by atoms with Crippen LogP contribution in [0.3, 0.4) is 0 Å². The van der Waals surface area contributed by atoms with Gasteiger partial charge in [0, 0.05) is 0 Å². The first kappa shape index (κ1) is 10.5. The molecule has 0 saturated heterocycles. The largest absolute Gasteiger partial charge is 0.0707 e. The van der Waals surface area contributed by atoms with Gasteiger partial charge in [-0.15, -0.1) is 0 Å². The minimum absolute atomic E-state index is 1.15. The number of hydrogen-bond donors (Lipinski definition) is 0. The van der Waals surface area contributed by atoms with Crippen molar-refractivity contribution in [3.05, 3.63) is 29.2 Å². The van der Waals surface area contributed by atoms with Crippen molar-refractivity contribution in [2.45, 2.75) is 41.0 Å². The molecule has 11 heavy (non-hydrogen) atoms. The summed E-state index contributed by atoms with van der Waals surface area (Å²) in [6.07, 6.45) is 5.52. The molecule has 0 spiro atoms. The quantitative estimate of drug-likeness (QED) is 0.536. The van der Waals surface area contributed by atoms with Crippen LogP contribution < -0.4 is 0 Å². The first-order valence-corrected chi connectivity index (χ1v) is 4.25. The number of hydrogen-bond acceptors (Lipinski definition) is 0. The highest BCUT2D eigenvalue weighted by Crippen LogP contribution is 2.11. The molecule has 0 fully saturated rings. The van der Waals surface area contributed by atoms with E-state index >= 15 is 0 Å². The van der Waals surface area contributed by atoms with Gasteiger partial charge in [-0.3, -0.25) is 0 Å². The van der Waals surface area contributed by atoms with Crippen molar-refractivity contribution in [2.75, 3.05) is 0 Å². The van der Waals surface area contributed by atoms with E-state index in [1.165, 1.54) is 16.7 Å². The molecular weight excluding hydrogens is 132 g/mol. The van der Waals surface area contributed by atoms with Crippen LogP contribution in [0.25, 0.3) is 0 Å². The Labute approximate surface area is 71.0 Å². The average Bonchev–Trinajstić information content (AvgIpc) is 2.02. The molecular formula is C11H19. The molecule has 0 atom stereocenters. The Morgan fingerprint density at radius 1 is 1.18 bits per heavy atom. The maximum atomic E-state index is 2.23. The Morgan fingerprint density at radius 3 is 2.09 bits per heavy atom. The number of allylic oxidation sites excluding steroid dienone is 4. The summed E-state index contributed by atoms with van der Waals surface area (Å²) in [6.45, 7) is 10.8. The van der Waals surface area contributed by atoms with Crippen LogP contribution in [0.4, 0.5) is 0 Å². The smallest absolute Gasteiger partial charge is 0.0168 e. The molecule has 0 amide bonds. The van der Waals surface area contributed by atoms with Crippen molar-refractivity contribution in [1.82, 2.24) is 0 Å². The standard InChI is InChI=1S/C11H19/c1-6-9(3)8-11(5)10(4)7-2/h6,8H,7H2,1-5H3. The molecule has 0 aliphatic rings. The minimum Gasteiger partial charge on any atom is -0.0707 e. The first-order valence-electron chi connectivity index (χ1n) is 4.25. The van der Waals surface area contributed by atoms with Gasteiger partial charge < -0.3 is 0 Å². The predicted molar refractivity (Wildman–Crippen MR) is 52.4 cm³/mol. The molecule has 0 heterocycles. The van der Waals surface area contributed by atoms with E-state index in [0.717, 1.165) is 6.42 Å². The fourth-order valence-corrected chi connectivity index (χ4v) is 0.827. The molecule has 1 radical (unpaired) electrons. The van der Waals surface area contributed by atoms with Crippen LogP contribution in [0.2, 0.25) is 0 Å². The van der Waals surface area contributed by atoms with E-state index in [4.69, 9.17) is 0 Å². The lowest BCUT2D eigenvalue weighted by Gasteiger charge is -2.01. The van der Waals surface area contributed by atoms with Gasteiger partial charge in [-0.2, -0.15) is 0 Å². The molecule has 0 rings (SSSR count). The second kappa shape index (κ2) is 5.17. The first-order chi connectivity index (χ1) is 5.11. The van der Waals surface area contributed by atoms with Gasteiger partial charge in [-0.05, 0) is 33.6 Å². The van der Waals surface area contributed by atoms with Gasteiger partial charge >= 0.3 is 0 Å². The highest BCUT2D eigenvalue weighted by Gasteiger charge is 1.91. The van der Waals surface area contributed by atoms with Gasteiger partial charge in [-0.25, -0.2) is 0 Å². The van der Waals surface area contributed by atoms with Crippen LogP contribution in [-0.4, -0.2) is 0 Å². The van der Waals surface area contributed by atoms with Crippen LogP contribution in [0.15, 0.2) is 22.8 Å². The maximum Gasteiger partial charge on any atom is -0.0168 e.